The molecule has 2 heteroatoms. The summed E-state index contributed by atoms with van der Waals surface area (Å²) >= 11 is 0. The van der Waals surface area contributed by atoms with Crippen LogP contribution in [0.15, 0.2) is 24.3 Å². The topological polar surface area (TPSA) is 18.5 Å². The molecule has 2 rings (SSSR count). The quantitative estimate of drug-likeness (QED) is 0.375. The lowest BCUT2D eigenvalue weighted by molar-refractivity contribution is -0.111. The highest BCUT2D eigenvalue weighted by molar-refractivity contribution is 5.30. The van der Waals surface area contributed by atoms with Crippen LogP contribution in [-0.4, -0.2) is 12.9 Å². The molecule has 0 bridgehead atoms. The monoisotopic (exact) mass is 416 g/mol. The Balaban J connectivity index is 1.96. The van der Waals surface area contributed by atoms with Crippen molar-refractivity contribution in [3.05, 3.63) is 29.8 Å². The molecule has 1 aromatic rings. The zero-order chi connectivity index (χ0) is 22.4. The van der Waals surface area contributed by atoms with E-state index in [0.717, 1.165) is 18.3 Å². The molecule has 0 spiro atoms. The first-order chi connectivity index (χ1) is 14.0. The zero-order valence-corrected chi connectivity index (χ0v) is 21.1. The van der Waals surface area contributed by atoms with Gasteiger partial charge < -0.3 is 9.47 Å². The molecule has 2 unspecified atom stereocenters. The van der Waals surface area contributed by atoms with Crippen LogP contribution in [0.2, 0.25) is 0 Å². The van der Waals surface area contributed by atoms with Crippen molar-refractivity contribution in [3.8, 4) is 5.75 Å². The van der Waals surface area contributed by atoms with E-state index < -0.39 is 0 Å². The summed E-state index contributed by atoms with van der Waals surface area (Å²) in [7, 11) is 0. The molecule has 1 aromatic carbocycles. The van der Waals surface area contributed by atoms with Crippen molar-refractivity contribution in [3.63, 3.8) is 0 Å². The van der Waals surface area contributed by atoms with Crippen molar-refractivity contribution in [2.24, 2.45) is 22.7 Å². The molecule has 1 saturated carbocycles. The molecule has 2 atom stereocenters. The van der Waals surface area contributed by atoms with Crippen LogP contribution in [0, 0.1) is 22.7 Å². The molecular weight excluding hydrogens is 368 g/mol. The van der Waals surface area contributed by atoms with E-state index >= 15 is 0 Å². The molecule has 0 saturated heterocycles. The van der Waals surface area contributed by atoms with Gasteiger partial charge in [-0.3, -0.25) is 0 Å². The van der Waals surface area contributed by atoms with Crippen molar-refractivity contribution in [2.45, 2.75) is 113 Å². The molecule has 2 nitrogen and oxygen atoms in total. The van der Waals surface area contributed by atoms with Gasteiger partial charge in [-0.2, -0.15) is 0 Å². The molecule has 0 N–H and O–H groups in total. The number of hydrogen-bond donors (Lipinski definition) is 0. The smallest absolute Gasteiger partial charge is 0.202 e. The van der Waals surface area contributed by atoms with Crippen LogP contribution >= 0.6 is 0 Å². The highest BCUT2D eigenvalue weighted by atomic mass is 16.7. The first-order valence-electron chi connectivity index (χ1n) is 12.3. The fourth-order valence-electron chi connectivity index (χ4n) is 4.64. The number of ether oxygens (including phenoxy) is 2. The summed E-state index contributed by atoms with van der Waals surface area (Å²) in [6.07, 6.45) is 9.13. The van der Waals surface area contributed by atoms with E-state index in [0.29, 0.717) is 17.3 Å². The summed E-state index contributed by atoms with van der Waals surface area (Å²) in [5.74, 6) is 2.62. The van der Waals surface area contributed by atoms with Gasteiger partial charge in [-0.15, -0.1) is 0 Å². The van der Waals surface area contributed by atoms with Crippen LogP contribution in [0.4, 0.5) is 0 Å². The lowest BCUT2D eigenvalue weighted by Crippen LogP contribution is -2.28. The second-order valence-electron chi connectivity index (χ2n) is 12.1. The Labute approximate surface area is 187 Å². The molecular formula is C28H48O2. The first kappa shape index (κ1) is 25.2. The third-order valence-electron chi connectivity index (χ3n) is 6.47. The highest BCUT2D eigenvalue weighted by Crippen LogP contribution is 2.43. The standard InChI is InChI=1S/C28H48O2/c1-21(2)26(29-19-18-22-12-10-9-11-13-22)30-24-16-14-23(15-17-24)25(28(6,7)8)20-27(3,4)5/h14-17,21-22,25-26H,9-13,18-20H2,1-8H3. The Kier molecular flexibility index (Phi) is 9.28. The van der Waals surface area contributed by atoms with E-state index in [-0.39, 0.29) is 11.7 Å². The van der Waals surface area contributed by atoms with E-state index in [1.807, 2.05) is 0 Å². The minimum absolute atomic E-state index is 0.174. The maximum atomic E-state index is 6.26. The number of benzene rings is 1. The maximum Gasteiger partial charge on any atom is 0.202 e. The molecule has 0 heterocycles. The summed E-state index contributed by atoms with van der Waals surface area (Å²) in [5, 5.41) is 0. The maximum absolute atomic E-state index is 6.26. The molecule has 0 aliphatic heterocycles. The predicted molar refractivity (Wildman–Crippen MR) is 129 cm³/mol. The Morgan fingerprint density at radius 3 is 2.00 bits per heavy atom. The molecule has 30 heavy (non-hydrogen) atoms. The van der Waals surface area contributed by atoms with Gasteiger partial charge in [0.25, 0.3) is 0 Å². The van der Waals surface area contributed by atoms with Gasteiger partial charge in [0.05, 0.1) is 6.61 Å². The van der Waals surface area contributed by atoms with Gasteiger partial charge in [0.2, 0.25) is 6.29 Å². The van der Waals surface area contributed by atoms with Gasteiger partial charge in [-0.25, -0.2) is 0 Å². The van der Waals surface area contributed by atoms with Gasteiger partial charge in [0, 0.05) is 5.92 Å². The van der Waals surface area contributed by atoms with E-state index in [1.54, 1.807) is 0 Å². The van der Waals surface area contributed by atoms with Crippen LogP contribution in [-0.2, 0) is 4.74 Å². The largest absolute Gasteiger partial charge is 0.465 e. The third kappa shape index (κ3) is 8.61. The number of hydrogen-bond acceptors (Lipinski definition) is 2. The molecule has 1 aliphatic carbocycles. The Morgan fingerprint density at radius 2 is 1.50 bits per heavy atom. The second-order valence-corrected chi connectivity index (χ2v) is 12.1. The fraction of sp³-hybridized carbons (Fsp3) is 0.786. The molecule has 0 radical (unpaired) electrons. The van der Waals surface area contributed by atoms with E-state index in [2.05, 4.69) is 79.7 Å². The van der Waals surface area contributed by atoms with Crippen LogP contribution in [0.1, 0.15) is 112 Å². The Morgan fingerprint density at radius 1 is 0.900 bits per heavy atom. The van der Waals surface area contributed by atoms with E-state index in [4.69, 9.17) is 9.47 Å². The zero-order valence-electron chi connectivity index (χ0n) is 21.1. The molecule has 1 aliphatic rings. The lowest BCUT2D eigenvalue weighted by atomic mass is 9.69. The summed E-state index contributed by atoms with van der Waals surface area (Å²) in [5.41, 5.74) is 1.95. The van der Waals surface area contributed by atoms with Gasteiger partial charge >= 0.3 is 0 Å². The average Bonchev–Trinajstić information content (AvgIpc) is 2.65. The first-order valence-corrected chi connectivity index (χ1v) is 12.3. The summed E-state index contributed by atoms with van der Waals surface area (Å²) in [4.78, 5) is 0. The van der Waals surface area contributed by atoms with Crippen molar-refractivity contribution in [1.82, 2.24) is 0 Å². The molecule has 0 aromatic heterocycles. The summed E-state index contributed by atoms with van der Waals surface area (Å²) in [6, 6.07) is 8.79. The van der Waals surface area contributed by atoms with Crippen molar-refractivity contribution in [1.29, 1.82) is 0 Å². The van der Waals surface area contributed by atoms with Crippen molar-refractivity contribution < 1.29 is 9.47 Å². The van der Waals surface area contributed by atoms with Gasteiger partial charge in [0.15, 0.2) is 0 Å². The van der Waals surface area contributed by atoms with Gasteiger partial charge in [-0.1, -0.05) is 99.6 Å². The summed E-state index contributed by atoms with van der Waals surface area (Å²) < 4.78 is 12.5. The van der Waals surface area contributed by atoms with Crippen LogP contribution in [0.25, 0.3) is 0 Å². The van der Waals surface area contributed by atoms with Gasteiger partial charge in [-0.05, 0) is 53.2 Å². The van der Waals surface area contributed by atoms with Crippen molar-refractivity contribution >= 4 is 0 Å². The Bertz CT molecular complexity index is 597. The predicted octanol–water partition coefficient (Wildman–Crippen LogP) is 8.60. The van der Waals surface area contributed by atoms with E-state index in [1.165, 1.54) is 50.5 Å². The Hall–Kier alpha value is -1.02. The fourth-order valence-corrected chi connectivity index (χ4v) is 4.64. The molecule has 172 valence electrons. The molecule has 1 fully saturated rings. The minimum atomic E-state index is -0.174. The lowest BCUT2D eigenvalue weighted by Gasteiger charge is -2.36. The van der Waals surface area contributed by atoms with Crippen LogP contribution < -0.4 is 4.74 Å². The second kappa shape index (κ2) is 11.0. The summed E-state index contributed by atoms with van der Waals surface area (Å²) in [6.45, 7) is 19.2. The van der Waals surface area contributed by atoms with E-state index in [9.17, 15) is 0 Å². The third-order valence-corrected chi connectivity index (χ3v) is 6.47. The number of rotatable bonds is 9. The SMILES string of the molecule is CC(C)C(OCCC1CCCCC1)Oc1ccc(C(CC(C)(C)C)C(C)(C)C)cc1. The van der Waals surface area contributed by atoms with Gasteiger partial charge in [0.1, 0.15) is 5.75 Å². The molecule has 0 amide bonds. The van der Waals surface area contributed by atoms with Crippen LogP contribution in [0.5, 0.6) is 5.75 Å². The minimum Gasteiger partial charge on any atom is -0.465 e. The normalized spacial score (nSPS) is 18.4. The highest BCUT2D eigenvalue weighted by Gasteiger charge is 2.30. The van der Waals surface area contributed by atoms with Crippen molar-refractivity contribution in [2.75, 3.05) is 6.61 Å². The average molecular weight is 417 g/mol. The van der Waals surface area contributed by atoms with Crippen LogP contribution in [0.3, 0.4) is 0 Å².